The van der Waals surface area contributed by atoms with Gasteiger partial charge in [0.2, 0.25) is 9.79 Å². The summed E-state index contributed by atoms with van der Waals surface area (Å²) in [5.41, 5.74) is 0.604. The Kier molecular flexibility index (Phi) is 6.68. The second-order valence-electron chi connectivity index (χ2n) is 6.88. The van der Waals surface area contributed by atoms with Gasteiger partial charge in [0.15, 0.2) is 16.4 Å². The molecule has 0 amide bonds. The molecule has 0 unspecified atom stereocenters. The Morgan fingerprint density at radius 3 is 2.06 bits per heavy atom. The molecule has 3 nitrogen and oxygen atoms in total. The first-order valence-electron chi connectivity index (χ1n) is 9.59. The van der Waals surface area contributed by atoms with Crippen LogP contribution < -0.4 is 9.47 Å². The first kappa shape index (κ1) is 22.5. The molecule has 0 radical (unpaired) electrons. The first-order valence-corrected chi connectivity index (χ1v) is 14.0. The number of benzene rings is 4. The Hall–Kier alpha value is -1.31. The summed E-state index contributed by atoms with van der Waals surface area (Å²) in [5, 5.41) is 0. The monoisotopic (exact) mass is 775 g/mol. The van der Waals surface area contributed by atoms with Crippen LogP contribution in [-0.4, -0.2) is 5.97 Å². The van der Waals surface area contributed by atoms with Crippen molar-refractivity contribution in [3.05, 3.63) is 101 Å². The number of halogens is 3. The molecule has 0 atom stereocenters. The molecule has 1 aliphatic rings. The number of carbonyl (C=O) groups excluding carboxylic acids is 1. The molecular formula is C25H14I3O3S+. The van der Waals surface area contributed by atoms with Gasteiger partial charge in [0, 0.05) is 16.8 Å². The third-order valence-electron chi connectivity index (χ3n) is 4.86. The molecule has 0 spiro atoms. The SMILES string of the molecule is O=C(Oc1cccc([S+]2c3ccccc3Oc3ccccc32)c1)c1c(I)ccc(I)c1I. The van der Waals surface area contributed by atoms with Crippen molar-refractivity contribution < 1.29 is 14.3 Å². The Bertz CT molecular complexity index is 1310. The van der Waals surface area contributed by atoms with Gasteiger partial charge in [-0.15, -0.1) is 0 Å². The zero-order valence-corrected chi connectivity index (χ0v) is 23.6. The lowest BCUT2D eigenvalue weighted by Crippen LogP contribution is -2.14. The van der Waals surface area contributed by atoms with E-state index in [2.05, 4.69) is 86.0 Å². The molecule has 158 valence electrons. The highest BCUT2D eigenvalue weighted by Crippen LogP contribution is 2.47. The van der Waals surface area contributed by atoms with Crippen LogP contribution in [0.2, 0.25) is 0 Å². The normalized spacial score (nSPS) is 12.5. The van der Waals surface area contributed by atoms with Crippen LogP contribution in [0.4, 0.5) is 0 Å². The summed E-state index contributed by atoms with van der Waals surface area (Å²) in [5.74, 6) is 1.91. The summed E-state index contributed by atoms with van der Waals surface area (Å²) in [6.07, 6.45) is 0. The molecule has 1 heterocycles. The fourth-order valence-electron chi connectivity index (χ4n) is 3.43. The van der Waals surface area contributed by atoms with Gasteiger partial charge in [-0.1, -0.05) is 30.3 Å². The predicted molar refractivity (Wildman–Crippen MR) is 151 cm³/mol. The molecule has 0 N–H and O–H groups in total. The van der Waals surface area contributed by atoms with Gasteiger partial charge in [-0.25, -0.2) is 4.79 Å². The fraction of sp³-hybridized carbons (Fsp3) is 0. The van der Waals surface area contributed by atoms with Crippen molar-refractivity contribution in [3.63, 3.8) is 0 Å². The van der Waals surface area contributed by atoms with Crippen molar-refractivity contribution in [2.75, 3.05) is 0 Å². The fourth-order valence-corrected chi connectivity index (χ4v) is 8.00. The van der Waals surface area contributed by atoms with Crippen LogP contribution in [0.15, 0.2) is 99.6 Å². The van der Waals surface area contributed by atoms with E-state index in [9.17, 15) is 4.79 Å². The van der Waals surface area contributed by atoms with Crippen LogP contribution in [-0.2, 0) is 10.9 Å². The van der Waals surface area contributed by atoms with Gasteiger partial charge in [0.1, 0.15) is 16.6 Å². The van der Waals surface area contributed by atoms with E-state index in [1.807, 2.05) is 66.7 Å². The lowest BCUT2D eigenvalue weighted by atomic mass is 10.2. The molecule has 4 aromatic rings. The van der Waals surface area contributed by atoms with Crippen LogP contribution in [0.5, 0.6) is 17.2 Å². The molecule has 0 aliphatic carbocycles. The topological polar surface area (TPSA) is 35.5 Å². The minimum atomic E-state index is -0.360. The molecule has 7 heteroatoms. The van der Waals surface area contributed by atoms with Crippen LogP contribution in [0.25, 0.3) is 0 Å². The first-order chi connectivity index (χ1) is 15.5. The Balaban J connectivity index is 1.54. The molecule has 32 heavy (non-hydrogen) atoms. The van der Waals surface area contributed by atoms with Gasteiger partial charge >= 0.3 is 5.97 Å². The lowest BCUT2D eigenvalue weighted by molar-refractivity contribution is 0.0732. The average molecular weight is 775 g/mol. The number of carbonyl (C=O) groups is 1. The van der Waals surface area contributed by atoms with Crippen LogP contribution in [0, 0.1) is 10.7 Å². The Morgan fingerprint density at radius 1 is 0.750 bits per heavy atom. The van der Waals surface area contributed by atoms with Crippen molar-refractivity contribution in [2.45, 2.75) is 14.7 Å². The molecule has 4 aromatic carbocycles. The van der Waals surface area contributed by atoms with Gasteiger partial charge in [-0.3, -0.25) is 0 Å². The third-order valence-corrected chi connectivity index (χ3v) is 11.1. The minimum absolute atomic E-state index is 0.342. The molecule has 1 aliphatic heterocycles. The molecule has 0 saturated heterocycles. The van der Waals surface area contributed by atoms with E-state index >= 15 is 0 Å². The second kappa shape index (κ2) is 9.51. The molecular weight excluding hydrogens is 761 g/mol. The van der Waals surface area contributed by atoms with Crippen molar-refractivity contribution >= 4 is 84.6 Å². The van der Waals surface area contributed by atoms with E-state index in [0.717, 1.165) is 36.9 Å². The van der Waals surface area contributed by atoms with Crippen molar-refractivity contribution in [1.82, 2.24) is 0 Å². The van der Waals surface area contributed by atoms with Crippen LogP contribution in [0.3, 0.4) is 0 Å². The average Bonchev–Trinajstić information content (AvgIpc) is 2.80. The Labute approximate surface area is 229 Å². The highest BCUT2D eigenvalue weighted by Gasteiger charge is 2.39. The van der Waals surface area contributed by atoms with Gasteiger partial charge in [-0.05, 0) is 116 Å². The Morgan fingerprint density at radius 2 is 1.38 bits per heavy atom. The molecule has 5 rings (SSSR count). The smallest absolute Gasteiger partial charge is 0.345 e. The number of para-hydroxylation sites is 2. The highest BCUT2D eigenvalue weighted by atomic mass is 127. The lowest BCUT2D eigenvalue weighted by Gasteiger charge is -2.19. The molecule has 0 fully saturated rings. The molecule has 0 bridgehead atoms. The summed E-state index contributed by atoms with van der Waals surface area (Å²) >= 11 is 6.62. The quantitative estimate of drug-likeness (QED) is 0.0615. The standard InChI is InChI=1S/C25H14I3O3S/c26-17-12-13-18(27)24(28)23(17)25(29)30-15-6-5-7-16(14-15)32-21-10-3-1-8-19(21)31-20-9-2-4-11-22(20)32/h1-14H/q+1. The second-order valence-corrected chi connectivity index (χ2v) is 12.3. The minimum Gasteiger partial charge on any atom is -0.447 e. The molecule has 0 aromatic heterocycles. The summed E-state index contributed by atoms with van der Waals surface area (Å²) in [6, 6.07) is 28.0. The van der Waals surface area contributed by atoms with E-state index in [0.29, 0.717) is 11.3 Å². The summed E-state index contributed by atoms with van der Waals surface area (Å²) < 4.78 is 14.8. The highest BCUT2D eigenvalue weighted by molar-refractivity contribution is 14.1. The number of fused-ring (bicyclic) bond motifs is 2. The summed E-state index contributed by atoms with van der Waals surface area (Å²) in [4.78, 5) is 16.4. The van der Waals surface area contributed by atoms with Crippen molar-refractivity contribution in [1.29, 1.82) is 0 Å². The van der Waals surface area contributed by atoms with Gasteiger partial charge in [0.05, 0.1) is 5.56 Å². The van der Waals surface area contributed by atoms with E-state index in [1.54, 1.807) is 0 Å². The van der Waals surface area contributed by atoms with Gasteiger partial charge < -0.3 is 9.47 Å². The number of esters is 1. The van der Waals surface area contributed by atoms with Crippen molar-refractivity contribution in [3.8, 4) is 17.2 Å². The van der Waals surface area contributed by atoms with Crippen LogP contribution >= 0.6 is 67.8 Å². The number of hydrogen-bond donors (Lipinski definition) is 0. The third kappa shape index (κ3) is 4.28. The van der Waals surface area contributed by atoms with Crippen molar-refractivity contribution in [2.24, 2.45) is 0 Å². The number of rotatable bonds is 3. The maximum Gasteiger partial charge on any atom is 0.345 e. The predicted octanol–water partition coefficient (Wildman–Crippen LogP) is 7.92. The number of ether oxygens (including phenoxy) is 2. The van der Waals surface area contributed by atoms with E-state index < -0.39 is 0 Å². The largest absolute Gasteiger partial charge is 0.447 e. The maximum atomic E-state index is 13.0. The summed E-state index contributed by atoms with van der Waals surface area (Å²) in [6.45, 7) is 0. The van der Waals surface area contributed by atoms with E-state index in [1.165, 1.54) is 0 Å². The van der Waals surface area contributed by atoms with Crippen LogP contribution in [0.1, 0.15) is 10.4 Å². The zero-order chi connectivity index (χ0) is 22.2. The summed E-state index contributed by atoms with van der Waals surface area (Å²) in [7, 11) is -0.360. The van der Waals surface area contributed by atoms with E-state index in [4.69, 9.17) is 9.47 Å². The van der Waals surface area contributed by atoms with Gasteiger partial charge in [-0.2, -0.15) is 0 Å². The zero-order valence-electron chi connectivity index (χ0n) is 16.3. The number of hydrogen-bond acceptors (Lipinski definition) is 3. The van der Waals surface area contributed by atoms with Gasteiger partial charge in [0.25, 0.3) is 0 Å². The molecule has 0 saturated carbocycles. The van der Waals surface area contributed by atoms with E-state index in [-0.39, 0.29) is 16.9 Å². The maximum absolute atomic E-state index is 13.0.